The molecule has 3 amide bonds. The summed E-state index contributed by atoms with van der Waals surface area (Å²) in [6.07, 6.45) is 1.54. The van der Waals surface area contributed by atoms with Gasteiger partial charge in [0.1, 0.15) is 13.2 Å². The van der Waals surface area contributed by atoms with Crippen molar-refractivity contribution in [2.75, 3.05) is 13.2 Å². The molecule has 3 rings (SSSR count). The normalized spacial score (nSPS) is 14.6. The van der Waals surface area contributed by atoms with Crippen LogP contribution in [0.15, 0.2) is 41.3 Å². The number of nitro groups is 1. The summed E-state index contributed by atoms with van der Waals surface area (Å²) in [6, 6.07) is 9.47. The van der Waals surface area contributed by atoms with E-state index in [9.17, 15) is 24.5 Å². The van der Waals surface area contributed by atoms with Gasteiger partial charge in [0, 0.05) is 12.1 Å². The van der Waals surface area contributed by atoms with Crippen LogP contribution in [0.25, 0.3) is 6.08 Å². The molecule has 172 valence electrons. The third-order valence-electron chi connectivity index (χ3n) is 4.35. The second-order valence-electron chi connectivity index (χ2n) is 6.71. The third kappa shape index (κ3) is 6.01. The summed E-state index contributed by atoms with van der Waals surface area (Å²) in [5, 5.41) is 10.2. The van der Waals surface area contributed by atoms with Crippen LogP contribution in [-0.4, -0.2) is 40.0 Å². The number of benzene rings is 2. The summed E-state index contributed by atoms with van der Waals surface area (Å²) >= 11 is 2.80. The number of nitrogens with two attached hydrogens (primary N) is 1. The molecule has 1 saturated heterocycles. The number of hydrogen-bond acceptors (Lipinski definition) is 8. The molecule has 0 atom stereocenters. The molecular formula is C21H18IN3O7S. The number of carbonyl (C=O) groups is 3. The van der Waals surface area contributed by atoms with Crippen LogP contribution < -0.4 is 15.2 Å². The van der Waals surface area contributed by atoms with Crippen molar-refractivity contribution in [3.8, 4) is 11.5 Å². The Labute approximate surface area is 206 Å². The molecule has 0 spiro atoms. The third-order valence-corrected chi connectivity index (χ3v) is 6.06. The van der Waals surface area contributed by atoms with E-state index >= 15 is 0 Å². The fourth-order valence-electron chi connectivity index (χ4n) is 2.89. The van der Waals surface area contributed by atoms with Crippen molar-refractivity contribution in [2.45, 2.75) is 13.5 Å². The summed E-state index contributed by atoms with van der Waals surface area (Å²) in [4.78, 5) is 46.9. The maximum atomic E-state index is 12.5. The quantitative estimate of drug-likeness (QED) is 0.204. The molecule has 1 aliphatic rings. The molecule has 0 aromatic heterocycles. The van der Waals surface area contributed by atoms with Gasteiger partial charge in [-0.3, -0.25) is 29.4 Å². The summed E-state index contributed by atoms with van der Waals surface area (Å²) in [7, 11) is 0. The number of non-ortho nitro benzene ring substituents is 1. The number of ether oxygens (including phenoxy) is 2. The van der Waals surface area contributed by atoms with Gasteiger partial charge in [-0.25, -0.2) is 0 Å². The average Bonchev–Trinajstić information content (AvgIpc) is 3.00. The van der Waals surface area contributed by atoms with Gasteiger partial charge in [0.05, 0.1) is 20.0 Å². The first-order valence-corrected chi connectivity index (χ1v) is 11.4. The number of imide groups is 1. The molecule has 0 radical (unpaired) electrons. The Balaban J connectivity index is 1.83. The van der Waals surface area contributed by atoms with Crippen molar-refractivity contribution in [3.63, 3.8) is 0 Å². The number of nitrogens with zero attached hydrogens (tertiary/aromatic N) is 2. The van der Waals surface area contributed by atoms with Crippen molar-refractivity contribution in [1.82, 2.24) is 4.90 Å². The summed E-state index contributed by atoms with van der Waals surface area (Å²) in [6.45, 7) is 1.87. The highest BCUT2D eigenvalue weighted by molar-refractivity contribution is 14.1. The zero-order chi connectivity index (χ0) is 24.1. The van der Waals surface area contributed by atoms with E-state index in [0.29, 0.717) is 27.2 Å². The van der Waals surface area contributed by atoms with Gasteiger partial charge in [0.15, 0.2) is 11.5 Å². The van der Waals surface area contributed by atoms with Crippen molar-refractivity contribution in [3.05, 3.63) is 66.1 Å². The van der Waals surface area contributed by atoms with E-state index in [-0.39, 0.29) is 17.2 Å². The molecule has 33 heavy (non-hydrogen) atoms. The Bertz CT molecular complexity index is 1150. The van der Waals surface area contributed by atoms with Crippen LogP contribution in [0, 0.1) is 13.7 Å². The molecule has 0 bridgehead atoms. The molecule has 2 N–H and O–H groups in total. The van der Waals surface area contributed by atoms with Gasteiger partial charge in [0.2, 0.25) is 5.91 Å². The SMILES string of the molecule is CCOc1cc(/C=C2\SC(=O)N(CC(N)=O)C2=O)cc(I)c1OCc1ccc([N+](=O)[O-])cc1. The van der Waals surface area contributed by atoms with E-state index < -0.39 is 28.5 Å². The predicted molar refractivity (Wildman–Crippen MR) is 130 cm³/mol. The van der Waals surface area contributed by atoms with Gasteiger partial charge in [-0.15, -0.1) is 0 Å². The highest BCUT2D eigenvalue weighted by Gasteiger charge is 2.35. The average molecular weight is 583 g/mol. The molecule has 0 saturated carbocycles. The zero-order valence-electron chi connectivity index (χ0n) is 17.3. The van der Waals surface area contributed by atoms with Crippen LogP contribution in [0.1, 0.15) is 18.1 Å². The zero-order valence-corrected chi connectivity index (χ0v) is 20.3. The topological polar surface area (TPSA) is 142 Å². The Hall–Kier alpha value is -3.13. The number of nitro benzene ring substituents is 1. The Morgan fingerprint density at radius 2 is 1.94 bits per heavy atom. The van der Waals surface area contributed by atoms with Crippen LogP contribution in [-0.2, 0) is 16.2 Å². The number of hydrogen-bond donors (Lipinski definition) is 1. The highest BCUT2D eigenvalue weighted by atomic mass is 127. The Kier molecular flexibility index (Phi) is 7.92. The summed E-state index contributed by atoms with van der Waals surface area (Å²) < 4.78 is 12.3. The molecular weight excluding hydrogens is 565 g/mol. The van der Waals surface area contributed by atoms with E-state index in [0.717, 1.165) is 22.2 Å². The van der Waals surface area contributed by atoms with Crippen LogP contribution in [0.2, 0.25) is 0 Å². The lowest BCUT2D eigenvalue weighted by molar-refractivity contribution is -0.384. The molecule has 12 heteroatoms. The maximum Gasteiger partial charge on any atom is 0.294 e. The number of amides is 3. The minimum absolute atomic E-state index is 0.00654. The minimum Gasteiger partial charge on any atom is -0.490 e. The van der Waals surface area contributed by atoms with Gasteiger partial charge >= 0.3 is 0 Å². The van der Waals surface area contributed by atoms with Gasteiger partial charge < -0.3 is 15.2 Å². The number of thioether (sulfide) groups is 1. The highest BCUT2D eigenvalue weighted by Crippen LogP contribution is 2.38. The van der Waals surface area contributed by atoms with Gasteiger partial charge in [0.25, 0.3) is 16.8 Å². The van der Waals surface area contributed by atoms with Crippen molar-refractivity contribution >= 4 is 63.2 Å². The Morgan fingerprint density at radius 3 is 2.55 bits per heavy atom. The van der Waals surface area contributed by atoms with E-state index in [1.165, 1.54) is 18.2 Å². The first-order chi connectivity index (χ1) is 15.7. The second kappa shape index (κ2) is 10.7. The number of rotatable bonds is 9. The van der Waals surface area contributed by atoms with Gasteiger partial charge in [-0.1, -0.05) is 0 Å². The molecule has 2 aromatic carbocycles. The first-order valence-electron chi connectivity index (χ1n) is 9.55. The molecule has 1 fully saturated rings. The van der Waals surface area contributed by atoms with E-state index in [4.69, 9.17) is 15.2 Å². The Morgan fingerprint density at radius 1 is 1.24 bits per heavy atom. The molecule has 1 aliphatic heterocycles. The van der Waals surface area contributed by atoms with Gasteiger partial charge in [-0.2, -0.15) is 0 Å². The van der Waals surface area contributed by atoms with Crippen molar-refractivity contribution < 1.29 is 28.8 Å². The van der Waals surface area contributed by atoms with Crippen LogP contribution >= 0.6 is 34.4 Å². The largest absolute Gasteiger partial charge is 0.490 e. The van der Waals surface area contributed by atoms with Gasteiger partial charge in [-0.05, 0) is 82.7 Å². The van der Waals surface area contributed by atoms with Crippen molar-refractivity contribution in [1.29, 1.82) is 0 Å². The number of halogens is 1. The van der Waals surface area contributed by atoms with Crippen LogP contribution in [0.3, 0.4) is 0 Å². The summed E-state index contributed by atoms with van der Waals surface area (Å²) in [5.41, 5.74) is 6.44. The fourth-order valence-corrected chi connectivity index (χ4v) is 4.51. The molecule has 2 aromatic rings. The van der Waals surface area contributed by atoms with Crippen molar-refractivity contribution in [2.24, 2.45) is 5.73 Å². The number of primary amides is 1. The monoisotopic (exact) mass is 583 g/mol. The van der Waals surface area contributed by atoms with Crippen LogP contribution in [0.5, 0.6) is 11.5 Å². The smallest absolute Gasteiger partial charge is 0.294 e. The molecule has 1 heterocycles. The van der Waals surface area contributed by atoms with E-state index in [1.54, 1.807) is 24.3 Å². The fraction of sp³-hybridized carbons (Fsp3) is 0.190. The molecule has 10 nitrogen and oxygen atoms in total. The first kappa shape index (κ1) is 24.5. The number of carbonyl (C=O) groups excluding carboxylic acids is 3. The lowest BCUT2D eigenvalue weighted by Gasteiger charge is -2.15. The summed E-state index contributed by atoms with van der Waals surface area (Å²) in [5.74, 6) is -0.444. The second-order valence-corrected chi connectivity index (χ2v) is 8.86. The van der Waals surface area contributed by atoms with E-state index in [2.05, 4.69) is 22.6 Å². The maximum absolute atomic E-state index is 12.5. The molecule has 0 unspecified atom stereocenters. The lowest BCUT2D eigenvalue weighted by atomic mass is 10.1. The standard InChI is InChI=1S/C21H18IN3O7S/c1-2-31-16-8-13(9-17-20(27)24(10-18(23)26)21(28)33-17)7-15(22)19(16)32-11-12-3-5-14(6-4-12)25(29)30/h3-9H,2,10-11H2,1H3,(H2,23,26)/b17-9-. The van der Waals surface area contributed by atoms with E-state index in [1.807, 2.05) is 6.92 Å². The molecule has 0 aliphatic carbocycles. The predicted octanol–water partition coefficient (Wildman–Crippen LogP) is 3.70. The van der Waals surface area contributed by atoms with Crippen LogP contribution in [0.4, 0.5) is 10.5 Å². The minimum atomic E-state index is -0.777. The lowest BCUT2D eigenvalue weighted by Crippen LogP contribution is -2.36.